The summed E-state index contributed by atoms with van der Waals surface area (Å²) in [7, 11) is 0. The molecule has 0 aliphatic carbocycles. The summed E-state index contributed by atoms with van der Waals surface area (Å²) in [5.41, 5.74) is 1.51. The number of rotatable bonds is 2. The van der Waals surface area contributed by atoms with Crippen molar-refractivity contribution < 1.29 is 4.79 Å². The Labute approximate surface area is 100.0 Å². The number of benzene rings is 1. The average molecular weight is 233 g/mol. The molecule has 0 bridgehead atoms. The maximum Gasteiger partial charge on any atom is 0.219 e. The summed E-state index contributed by atoms with van der Waals surface area (Å²) in [6.07, 6.45) is 0. The molecule has 1 aromatic carbocycles. The van der Waals surface area contributed by atoms with Gasteiger partial charge in [-0.3, -0.25) is 4.79 Å². The SMILES string of the molecule is CC(=O)N1CCN(c2ccc(N=O)cc2)CC1. The van der Waals surface area contributed by atoms with E-state index in [0.29, 0.717) is 5.69 Å². The molecule has 0 unspecified atom stereocenters. The van der Waals surface area contributed by atoms with Gasteiger partial charge >= 0.3 is 0 Å². The summed E-state index contributed by atoms with van der Waals surface area (Å²) in [4.78, 5) is 25.5. The fraction of sp³-hybridized carbons (Fsp3) is 0.417. The molecule has 17 heavy (non-hydrogen) atoms. The van der Waals surface area contributed by atoms with Crippen LogP contribution in [0.2, 0.25) is 0 Å². The first-order valence-electron chi connectivity index (χ1n) is 5.64. The molecular formula is C12H15N3O2. The number of hydrogen-bond donors (Lipinski definition) is 0. The molecule has 1 aliphatic rings. The zero-order valence-electron chi connectivity index (χ0n) is 9.80. The monoisotopic (exact) mass is 233 g/mol. The Morgan fingerprint density at radius 2 is 1.71 bits per heavy atom. The second kappa shape index (κ2) is 4.95. The van der Waals surface area contributed by atoms with E-state index in [9.17, 15) is 9.70 Å². The van der Waals surface area contributed by atoms with Crippen molar-refractivity contribution >= 4 is 17.3 Å². The van der Waals surface area contributed by atoms with Crippen LogP contribution in [-0.2, 0) is 4.79 Å². The molecular weight excluding hydrogens is 218 g/mol. The molecule has 1 saturated heterocycles. The van der Waals surface area contributed by atoms with E-state index in [1.54, 1.807) is 19.1 Å². The van der Waals surface area contributed by atoms with Crippen molar-refractivity contribution in [3.8, 4) is 0 Å². The number of anilines is 1. The molecule has 2 rings (SSSR count). The first-order chi connectivity index (χ1) is 8.20. The number of hydrogen-bond acceptors (Lipinski definition) is 4. The Hall–Kier alpha value is -1.91. The van der Waals surface area contributed by atoms with Crippen molar-refractivity contribution in [3.63, 3.8) is 0 Å². The van der Waals surface area contributed by atoms with E-state index >= 15 is 0 Å². The normalized spacial score (nSPS) is 15.8. The van der Waals surface area contributed by atoms with E-state index in [-0.39, 0.29) is 5.91 Å². The third-order valence-electron chi connectivity index (χ3n) is 3.05. The Morgan fingerprint density at radius 3 is 2.18 bits per heavy atom. The minimum absolute atomic E-state index is 0.130. The van der Waals surface area contributed by atoms with Crippen LogP contribution in [0.15, 0.2) is 29.4 Å². The third kappa shape index (κ3) is 2.61. The molecule has 1 aliphatic heterocycles. The second-order valence-electron chi connectivity index (χ2n) is 4.10. The van der Waals surface area contributed by atoms with Gasteiger partial charge in [0.1, 0.15) is 5.69 Å². The molecule has 5 nitrogen and oxygen atoms in total. The first-order valence-corrected chi connectivity index (χ1v) is 5.64. The van der Waals surface area contributed by atoms with Crippen molar-refractivity contribution in [3.05, 3.63) is 29.2 Å². The predicted octanol–water partition coefficient (Wildman–Crippen LogP) is 1.75. The molecule has 0 radical (unpaired) electrons. The Bertz CT molecular complexity index is 408. The number of carbonyl (C=O) groups is 1. The molecule has 0 aromatic heterocycles. The summed E-state index contributed by atoms with van der Waals surface area (Å²) in [6.45, 7) is 4.76. The highest BCUT2D eigenvalue weighted by atomic mass is 16.3. The number of nitrogens with zero attached hydrogens (tertiary/aromatic N) is 3. The molecule has 0 spiro atoms. The number of piperazine rings is 1. The van der Waals surface area contributed by atoms with Crippen molar-refractivity contribution in [2.75, 3.05) is 31.1 Å². The highest BCUT2D eigenvalue weighted by Crippen LogP contribution is 2.20. The minimum atomic E-state index is 0.130. The average Bonchev–Trinajstić information content (AvgIpc) is 2.39. The Morgan fingerprint density at radius 1 is 1.12 bits per heavy atom. The molecule has 1 amide bonds. The van der Waals surface area contributed by atoms with Crippen LogP contribution < -0.4 is 4.90 Å². The molecule has 5 heteroatoms. The lowest BCUT2D eigenvalue weighted by Gasteiger charge is -2.35. The topological polar surface area (TPSA) is 53.0 Å². The Balaban J connectivity index is 2.00. The van der Waals surface area contributed by atoms with Gasteiger partial charge in [0, 0.05) is 38.8 Å². The summed E-state index contributed by atoms with van der Waals surface area (Å²) in [6, 6.07) is 7.19. The number of nitroso groups, excluding NO2 is 1. The van der Waals surface area contributed by atoms with E-state index in [0.717, 1.165) is 31.9 Å². The van der Waals surface area contributed by atoms with E-state index in [2.05, 4.69) is 10.1 Å². The number of amides is 1. The van der Waals surface area contributed by atoms with Crippen molar-refractivity contribution in [2.24, 2.45) is 5.18 Å². The molecule has 0 N–H and O–H groups in total. The van der Waals surface area contributed by atoms with Gasteiger partial charge in [0.05, 0.1) is 0 Å². The van der Waals surface area contributed by atoms with Crippen LogP contribution in [0.25, 0.3) is 0 Å². The number of carbonyl (C=O) groups excluding carboxylic acids is 1. The second-order valence-corrected chi connectivity index (χ2v) is 4.10. The Kier molecular flexibility index (Phi) is 3.37. The lowest BCUT2D eigenvalue weighted by Crippen LogP contribution is -2.48. The van der Waals surface area contributed by atoms with Gasteiger partial charge in [-0.15, -0.1) is 4.91 Å². The van der Waals surface area contributed by atoms with Gasteiger partial charge in [-0.05, 0) is 29.4 Å². The van der Waals surface area contributed by atoms with Crippen LogP contribution in [0.5, 0.6) is 0 Å². The summed E-state index contributed by atoms with van der Waals surface area (Å²) < 4.78 is 0. The van der Waals surface area contributed by atoms with Gasteiger partial charge < -0.3 is 9.80 Å². The van der Waals surface area contributed by atoms with Gasteiger partial charge in [-0.1, -0.05) is 0 Å². The van der Waals surface area contributed by atoms with Crippen LogP contribution in [0.1, 0.15) is 6.92 Å². The van der Waals surface area contributed by atoms with Crippen molar-refractivity contribution in [2.45, 2.75) is 6.92 Å². The van der Waals surface area contributed by atoms with Crippen LogP contribution in [-0.4, -0.2) is 37.0 Å². The maximum absolute atomic E-state index is 11.2. The van der Waals surface area contributed by atoms with E-state index in [4.69, 9.17) is 0 Å². The first kappa shape index (κ1) is 11.6. The van der Waals surface area contributed by atoms with Gasteiger partial charge in [0.2, 0.25) is 5.91 Å². The molecule has 1 aromatic rings. The van der Waals surface area contributed by atoms with Crippen LogP contribution in [0.4, 0.5) is 11.4 Å². The smallest absolute Gasteiger partial charge is 0.219 e. The van der Waals surface area contributed by atoms with E-state index in [1.807, 2.05) is 17.0 Å². The van der Waals surface area contributed by atoms with Crippen LogP contribution >= 0.6 is 0 Å². The van der Waals surface area contributed by atoms with Crippen LogP contribution in [0, 0.1) is 4.91 Å². The molecule has 90 valence electrons. The molecule has 0 saturated carbocycles. The highest BCUT2D eigenvalue weighted by Gasteiger charge is 2.18. The fourth-order valence-corrected chi connectivity index (χ4v) is 2.00. The van der Waals surface area contributed by atoms with E-state index < -0.39 is 0 Å². The lowest BCUT2D eigenvalue weighted by atomic mass is 10.2. The fourth-order valence-electron chi connectivity index (χ4n) is 2.00. The predicted molar refractivity (Wildman–Crippen MR) is 66.4 cm³/mol. The van der Waals surface area contributed by atoms with Gasteiger partial charge in [-0.2, -0.15) is 0 Å². The van der Waals surface area contributed by atoms with Crippen LogP contribution in [0.3, 0.4) is 0 Å². The lowest BCUT2D eigenvalue weighted by molar-refractivity contribution is -0.129. The standard InChI is InChI=1S/C12H15N3O2/c1-10(16)14-6-8-15(9-7-14)12-4-2-11(13-17)3-5-12/h2-5H,6-9H2,1H3. The quantitative estimate of drug-likeness (QED) is 0.731. The molecule has 1 fully saturated rings. The molecule has 1 heterocycles. The molecule has 0 atom stereocenters. The van der Waals surface area contributed by atoms with Gasteiger partial charge in [-0.25, -0.2) is 0 Å². The summed E-state index contributed by atoms with van der Waals surface area (Å²) in [5.74, 6) is 0.130. The van der Waals surface area contributed by atoms with Crippen molar-refractivity contribution in [1.29, 1.82) is 0 Å². The zero-order chi connectivity index (χ0) is 12.3. The maximum atomic E-state index is 11.2. The third-order valence-corrected chi connectivity index (χ3v) is 3.05. The van der Waals surface area contributed by atoms with Gasteiger partial charge in [0.15, 0.2) is 0 Å². The summed E-state index contributed by atoms with van der Waals surface area (Å²) >= 11 is 0. The van der Waals surface area contributed by atoms with E-state index in [1.165, 1.54) is 0 Å². The minimum Gasteiger partial charge on any atom is -0.368 e. The zero-order valence-corrected chi connectivity index (χ0v) is 9.80. The highest BCUT2D eigenvalue weighted by molar-refractivity contribution is 5.73. The van der Waals surface area contributed by atoms with Crippen molar-refractivity contribution in [1.82, 2.24) is 4.90 Å². The largest absolute Gasteiger partial charge is 0.368 e. The summed E-state index contributed by atoms with van der Waals surface area (Å²) in [5, 5.41) is 2.87. The van der Waals surface area contributed by atoms with Gasteiger partial charge in [0.25, 0.3) is 0 Å².